The summed E-state index contributed by atoms with van der Waals surface area (Å²) in [6, 6.07) is 7.87. The number of para-hydroxylation sites is 1. The first kappa shape index (κ1) is 9.15. The summed E-state index contributed by atoms with van der Waals surface area (Å²) in [7, 11) is 0. The zero-order valence-electron chi connectivity index (χ0n) is 8.50. The highest BCUT2D eigenvalue weighted by atomic mass is 16.4. The van der Waals surface area contributed by atoms with E-state index in [0.29, 0.717) is 6.54 Å². The molecule has 0 radical (unpaired) electrons. The van der Waals surface area contributed by atoms with Crippen molar-refractivity contribution in [1.82, 2.24) is 4.90 Å². The minimum atomic E-state index is -0.917. The molecule has 4 heteroatoms. The van der Waals surface area contributed by atoms with Crippen LogP contribution in [0.4, 0.5) is 10.5 Å². The van der Waals surface area contributed by atoms with Gasteiger partial charge >= 0.3 is 6.09 Å². The van der Waals surface area contributed by atoms with Gasteiger partial charge in [-0.05, 0) is 17.7 Å². The maximum Gasteiger partial charge on any atom is 0.411 e. The third-order valence-corrected chi connectivity index (χ3v) is 2.97. The Morgan fingerprint density at radius 2 is 2.25 bits per heavy atom. The summed E-state index contributed by atoms with van der Waals surface area (Å²) in [6.45, 7) is 0.460. The van der Waals surface area contributed by atoms with E-state index in [1.807, 2.05) is 24.3 Å². The number of hydrogen-bond donors (Lipinski definition) is 1. The number of carbonyl (C=O) groups is 1. The van der Waals surface area contributed by atoms with Crippen molar-refractivity contribution in [2.75, 3.05) is 6.54 Å². The predicted molar refractivity (Wildman–Crippen MR) is 60.1 cm³/mol. The normalized spacial score (nSPS) is 21.4. The maximum atomic E-state index is 10.9. The van der Waals surface area contributed by atoms with E-state index in [4.69, 9.17) is 5.11 Å². The highest BCUT2D eigenvalue weighted by molar-refractivity contribution is 6.06. The molecule has 1 atom stereocenters. The van der Waals surface area contributed by atoms with Crippen LogP contribution in [0.2, 0.25) is 0 Å². The molecular weight excluding hydrogens is 204 g/mol. The molecule has 0 saturated carbocycles. The van der Waals surface area contributed by atoms with E-state index in [1.165, 1.54) is 4.90 Å². The van der Waals surface area contributed by atoms with Crippen molar-refractivity contribution in [2.45, 2.75) is 5.92 Å². The molecule has 4 nitrogen and oxygen atoms in total. The summed E-state index contributed by atoms with van der Waals surface area (Å²) in [6.07, 6.45) is 2.44. The van der Waals surface area contributed by atoms with Crippen molar-refractivity contribution in [1.29, 1.82) is 0 Å². The van der Waals surface area contributed by atoms with Gasteiger partial charge in [-0.2, -0.15) is 0 Å². The smallest absolute Gasteiger partial charge is 0.411 e. The van der Waals surface area contributed by atoms with Crippen molar-refractivity contribution < 1.29 is 9.90 Å². The molecule has 80 valence electrons. The Hall–Kier alpha value is -2.10. The Kier molecular flexibility index (Phi) is 1.83. The van der Waals surface area contributed by atoms with Gasteiger partial charge in [0.1, 0.15) is 0 Å². The Morgan fingerprint density at radius 1 is 1.44 bits per heavy atom. The number of carboxylic acid groups (broad SMARTS) is 1. The van der Waals surface area contributed by atoms with Crippen LogP contribution in [0.15, 0.2) is 41.5 Å². The molecule has 0 aromatic heterocycles. The molecule has 1 aromatic rings. The van der Waals surface area contributed by atoms with Gasteiger partial charge in [0.15, 0.2) is 0 Å². The molecule has 16 heavy (non-hydrogen) atoms. The number of nitrogens with zero attached hydrogens (tertiary/aromatic N) is 2. The monoisotopic (exact) mass is 214 g/mol. The molecule has 0 aliphatic carbocycles. The van der Waals surface area contributed by atoms with Gasteiger partial charge < -0.3 is 5.11 Å². The summed E-state index contributed by atoms with van der Waals surface area (Å²) in [5.74, 6) is 0.0947. The van der Waals surface area contributed by atoms with Gasteiger partial charge in [-0.15, -0.1) is 0 Å². The van der Waals surface area contributed by atoms with Gasteiger partial charge in [0.05, 0.1) is 11.4 Å². The van der Waals surface area contributed by atoms with Crippen LogP contribution in [0.25, 0.3) is 0 Å². The number of hydrogen-bond acceptors (Lipinski definition) is 2. The fraction of sp³-hybridized carbons (Fsp3) is 0.167. The van der Waals surface area contributed by atoms with Crippen molar-refractivity contribution in [3.8, 4) is 0 Å². The molecule has 2 aliphatic rings. The molecule has 0 spiro atoms. The fourth-order valence-electron chi connectivity index (χ4n) is 2.17. The summed E-state index contributed by atoms with van der Waals surface area (Å²) < 4.78 is 0. The molecule has 1 N–H and O–H groups in total. The molecule has 0 bridgehead atoms. The van der Waals surface area contributed by atoms with E-state index in [0.717, 1.165) is 17.0 Å². The van der Waals surface area contributed by atoms with E-state index in [-0.39, 0.29) is 5.92 Å². The van der Waals surface area contributed by atoms with Gasteiger partial charge in [-0.1, -0.05) is 18.2 Å². The number of rotatable bonds is 0. The second kappa shape index (κ2) is 3.20. The number of fused-ring (bicyclic) bond motifs is 3. The first-order valence-electron chi connectivity index (χ1n) is 5.11. The number of amides is 1. The van der Waals surface area contributed by atoms with Gasteiger partial charge in [0, 0.05) is 18.7 Å². The molecule has 0 fully saturated rings. The number of aliphatic imine (C=N–C) groups is 1. The summed E-state index contributed by atoms with van der Waals surface area (Å²) in [5.41, 5.74) is 3.03. The standard InChI is InChI=1S/C12H10N2O2/c15-12(16)14-6-5-11-9(7-14)8-3-1-2-4-10(8)13-11/h1-6,9H,7H2,(H,15,16). The van der Waals surface area contributed by atoms with Crippen molar-refractivity contribution in [3.63, 3.8) is 0 Å². The van der Waals surface area contributed by atoms with Gasteiger partial charge in [0.25, 0.3) is 0 Å². The lowest BCUT2D eigenvalue weighted by Crippen LogP contribution is -2.33. The molecule has 1 amide bonds. The molecule has 3 rings (SSSR count). The van der Waals surface area contributed by atoms with Crippen LogP contribution < -0.4 is 0 Å². The molecule has 2 heterocycles. The SMILES string of the molecule is O=C(O)N1C=CC2=Nc3ccccc3C2C1. The van der Waals surface area contributed by atoms with Crippen LogP contribution in [0.1, 0.15) is 11.5 Å². The highest BCUT2D eigenvalue weighted by Gasteiger charge is 2.31. The van der Waals surface area contributed by atoms with Crippen LogP contribution >= 0.6 is 0 Å². The Balaban J connectivity index is 2.01. The quantitative estimate of drug-likeness (QED) is 0.720. The van der Waals surface area contributed by atoms with Crippen molar-refractivity contribution in [2.24, 2.45) is 4.99 Å². The largest absolute Gasteiger partial charge is 0.465 e. The van der Waals surface area contributed by atoms with E-state index in [9.17, 15) is 4.79 Å². The van der Waals surface area contributed by atoms with E-state index < -0.39 is 6.09 Å². The van der Waals surface area contributed by atoms with Crippen LogP contribution in [0.3, 0.4) is 0 Å². The second-order valence-electron chi connectivity index (χ2n) is 3.90. The Labute approximate surface area is 92.5 Å². The van der Waals surface area contributed by atoms with E-state index in [2.05, 4.69) is 4.99 Å². The van der Waals surface area contributed by atoms with Crippen molar-refractivity contribution in [3.05, 3.63) is 42.1 Å². The van der Waals surface area contributed by atoms with E-state index >= 15 is 0 Å². The lowest BCUT2D eigenvalue weighted by Gasteiger charge is -2.24. The summed E-state index contributed by atoms with van der Waals surface area (Å²) in [4.78, 5) is 16.7. The predicted octanol–water partition coefficient (Wildman–Crippen LogP) is 2.36. The summed E-state index contributed by atoms with van der Waals surface area (Å²) in [5, 5.41) is 8.94. The van der Waals surface area contributed by atoms with Crippen LogP contribution in [-0.4, -0.2) is 28.4 Å². The zero-order chi connectivity index (χ0) is 11.1. The lowest BCUT2D eigenvalue weighted by molar-refractivity contribution is 0.162. The Morgan fingerprint density at radius 3 is 3.06 bits per heavy atom. The molecule has 0 saturated heterocycles. The first-order chi connectivity index (χ1) is 7.75. The maximum absolute atomic E-state index is 10.9. The second-order valence-corrected chi connectivity index (χ2v) is 3.90. The van der Waals surface area contributed by atoms with Crippen LogP contribution in [-0.2, 0) is 0 Å². The zero-order valence-corrected chi connectivity index (χ0v) is 8.50. The van der Waals surface area contributed by atoms with Crippen LogP contribution in [0.5, 0.6) is 0 Å². The number of allylic oxidation sites excluding steroid dienone is 1. The average Bonchev–Trinajstić information content (AvgIpc) is 2.66. The van der Waals surface area contributed by atoms with Gasteiger partial charge in [0.2, 0.25) is 0 Å². The lowest BCUT2D eigenvalue weighted by atomic mass is 9.93. The molecule has 1 aromatic carbocycles. The number of benzene rings is 1. The highest BCUT2D eigenvalue weighted by Crippen LogP contribution is 2.37. The van der Waals surface area contributed by atoms with Crippen LogP contribution in [0, 0.1) is 0 Å². The molecular formula is C12H10N2O2. The summed E-state index contributed by atoms with van der Waals surface area (Å²) >= 11 is 0. The third kappa shape index (κ3) is 1.23. The minimum absolute atomic E-state index is 0.0947. The Bertz CT molecular complexity index is 520. The fourth-order valence-corrected chi connectivity index (χ4v) is 2.17. The average molecular weight is 214 g/mol. The molecule has 2 aliphatic heterocycles. The third-order valence-electron chi connectivity index (χ3n) is 2.97. The topological polar surface area (TPSA) is 52.9 Å². The van der Waals surface area contributed by atoms with Gasteiger partial charge in [-0.3, -0.25) is 9.89 Å². The van der Waals surface area contributed by atoms with Gasteiger partial charge in [-0.25, -0.2) is 4.79 Å². The van der Waals surface area contributed by atoms with Crippen molar-refractivity contribution >= 4 is 17.5 Å². The first-order valence-corrected chi connectivity index (χ1v) is 5.11. The minimum Gasteiger partial charge on any atom is -0.465 e. The molecule has 1 unspecified atom stereocenters. The van der Waals surface area contributed by atoms with E-state index in [1.54, 1.807) is 12.3 Å².